The summed E-state index contributed by atoms with van der Waals surface area (Å²) in [6, 6.07) is 6.59. The Kier molecular flexibility index (Phi) is 4.69. The smallest absolute Gasteiger partial charge is 0.221 e. The highest BCUT2D eigenvalue weighted by Crippen LogP contribution is 2.32. The number of nitrogens with one attached hydrogen (secondary N) is 2. The van der Waals surface area contributed by atoms with Crippen molar-refractivity contribution in [2.45, 2.75) is 53.0 Å². The van der Waals surface area contributed by atoms with Crippen LogP contribution in [0.4, 0.5) is 11.4 Å². The van der Waals surface area contributed by atoms with Gasteiger partial charge in [-0.25, -0.2) is 0 Å². The maximum atomic E-state index is 11.2. The summed E-state index contributed by atoms with van der Waals surface area (Å²) in [4.78, 5) is 11.2. The molecule has 1 aromatic rings. The van der Waals surface area contributed by atoms with Gasteiger partial charge in [-0.05, 0) is 49.3 Å². The minimum absolute atomic E-state index is 0.0283. The molecule has 2 N–H and O–H groups in total. The minimum atomic E-state index is -0.0283. The van der Waals surface area contributed by atoms with Gasteiger partial charge in [0.1, 0.15) is 0 Å². The van der Waals surface area contributed by atoms with Crippen LogP contribution in [0.15, 0.2) is 18.2 Å². The average molecular weight is 274 g/mol. The molecule has 20 heavy (non-hydrogen) atoms. The minimum Gasteiger partial charge on any atom is -0.382 e. The van der Waals surface area contributed by atoms with Gasteiger partial charge in [0.25, 0.3) is 0 Å². The molecule has 1 amide bonds. The summed E-state index contributed by atoms with van der Waals surface area (Å²) in [7, 11) is 0. The van der Waals surface area contributed by atoms with E-state index in [0.717, 1.165) is 17.3 Å². The van der Waals surface area contributed by atoms with Crippen LogP contribution in [0.1, 0.15) is 45.6 Å². The van der Waals surface area contributed by atoms with Crippen molar-refractivity contribution >= 4 is 17.3 Å². The van der Waals surface area contributed by atoms with E-state index >= 15 is 0 Å². The molecule has 3 atom stereocenters. The van der Waals surface area contributed by atoms with Crippen molar-refractivity contribution in [3.05, 3.63) is 23.8 Å². The van der Waals surface area contributed by atoms with E-state index in [4.69, 9.17) is 0 Å². The Bertz CT molecular complexity index is 484. The fraction of sp³-hybridized carbons (Fsp3) is 0.588. The summed E-state index contributed by atoms with van der Waals surface area (Å²) in [5, 5.41) is 6.54. The first-order valence-corrected chi connectivity index (χ1v) is 7.60. The van der Waals surface area contributed by atoms with Crippen LogP contribution in [0.5, 0.6) is 0 Å². The highest BCUT2D eigenvalue weighted by Gasteiger charge is 2.25. The summed E-state index contributed by atoms with van der Waals surface area (Å²) in [6.07, 6.45) is 3.86. The maximum absolute atomic E-state index is 11.2. The summed E-state index contributed by atoms with van der Waals surface area (Å²) >= 11 is 0. The van der Waals surface area contributed by atoms with Gasteiger partial charge in [-0.2, -0.15) is 0 Å². The Hall–Kier alpha value is -1.51. The van der Waals surface area contributed by atoms with Gasteiger partial charge in [0.05, 0.1) is 0 Å². The van der Waals surface area contributed by atoms with Crippen molar-refractivity contribution in [3.8, 4) is 0 Å². The van der Waals surface area contributed by atoms with Gasteiger partial charge < -0.3 is 10.6 Å². The lowest BCUT2D eigenvalue weighted by atomic mass is 9.80. The highest BCUT2D eigenvalue weighted by atomic mass is 16.1. The van der Waals surface area contributed by atoms with Crippen LogP contribution < -0.4 is 10.6 Å². The molecule has 0 spiro atoms. The number of hydrogen-bond donors (Lipinski definition) is 2. The predicted molar refractivity (Wildman–Crippen MR) is 85.1 cm³/mol. The molecule has 0 heterocycles. The lowest BCUT2D eigenvalue weighted by molar-refractivity contribution is -0.114. The Morgan fingerprint density at radius 3 is 2.70 bits per heavy atom. The van der Waals surface area contributed by atoms with Gasteiger partial charge in [-0.15, -0.1) is 0 Å². The molecule has 3 nitrogen and oxygen atoms in total. The quantitative estimate of drug-likeness (QED) is 0.867. The zero-order valence-corrected chi connectivity index (χ0v) is 13.0. The first-order chi connectivity index (χ1) is 9.45. The molecule has 0 saturated heterocycles. The number of aryl methyl sites for hydroxylation is 1. The van der Waals surface area contributed by atoms with Crippen molar-refractivity contribution in [1.82, 2.24) is 0 Å². The number of rotatable bonds is 3. The third-order valence-corrected chi connectivity index (χ3v) is 4.36. The second-order valence-corrected chi connectivity index (χ2v) is 6.36. The summed E-state index contributed by atoms with van der Waals surface area (Å²) < 4.78 is 0. The Balaban J connectivity index is 2.13. The van der Waals surface area contributed by atoms with E-state index < -0.39 is 0 Å². The number of carbonyl (C=O) groups excluding carboxylic acids is 1. The summed E-state index contributed by atoms with van der Waals surface area (Å²) in [6.45, 7) is 8.31. The average Bonchev–Trinajstić information content (AvgIpc) is 2.37. The molecular formula is C17H26N2O. The van der Waals surface area contributed by atoms with E-state index in [1.165, 1.54) is 31.7 Å². The van der Waals surface area contributed by atoms with Crippen molar-refractivity contribution in [1.29, 1.82) is 0 Å². The second-order valence-electron chi connectivity index (χ2n) is 6.36. The van der Waals surface area contributed by atoms with Crippen LogP contribution in [-0.4, -0.2) is 11.9 Å². The van der Waals surface area contributed by atoms with Crippen LogP contribution in [0.25, 0.3) is 0 Å². The largest absolute Gasteiger partial charge is 0.382 e. The van der Waals surface area contributed by atoms with Crippen LogP contribution >= 0.6 is 0 Å². The number of benzene rings is 1. The summed E-state index contributed by atoms with van der Waals surface area (Å²) in [5.74, 6) is 1.47. The zero-order valence-electron chi connectivity index (χ0n) is 13.0. The molecule has 0 aliphatic heterocycles. The van der Waals surface area contributed by atoms with Crippen LogP contribution in [-0.2, 0) is 4.79 Å². The van der Waals surface area contributed by atoms with Gasteiger partial charge in [0.2, 0.25) is 5.91 Å². The zero-order chi connectivity index (χ0) is 14.7. The van der Waals surface area contributed by atoms with Crippen molar-refractivity contribution in [3.63, 3.8) is 0 Å². The van der Waals surface area contributed by atoms with Crippen LogP contribution in [0.3, 0.4) is 0 Å². The van der Waals surface area contributed by atoms with Crippen molar-refractivity contribution < 1.29 is 4.79 Å². The van der Waals surface area contributed by atoms with Gasteiger partial charge in [0, 0.05) is 24.3 Å². The van der Waals surface area contributed by atoms with Gasteiger partial charge in [-0.1, -0.05) is 26.3 Å². The van der Waals surface area contributed by atoms with Gasteiger partial charge >= 0.3 is 0 Å². The van der Waals surface area contributed by atoms with Crippen molar-refractivity contribution in [2.75, 3.05) is 10.6 Å². The molecule has 1 aromatic carbocycles. The Morgan fingerprint density at radius 2 is 2.00 bits per heavy atom. The topological polar surface area (TPSA) is 41.1 Å². The van der Waals surface area contributed by atoms with E-state index in [0.29, 0.717) is 12.0 Å². The molecule has 1 aliphatic rings. The van der Waals surface area contributed by atoms with Crippen LogP contribution in [0, 0.1) is 18.8 Å². The van der Waals surface area contributed by atoms with Crippen LogP contribution in [0.2, 0.25) is 0 Å². The van der Waals surface area contributed by atoms with E-state index in [9.17, 15) is 4.79 Å². The van der Waals surface area contributed by atoms with Crippen molar-refractivity contribution in [2.24, 2.45) is 11.8 Å². The Labute approximate surface area is 122 Å². The molecule has 110 valence electrons. The van der Waals surface area contributed by atoms with E-state index in [-0.39, 0.29) is 5.91 Å². The van der Waals surface area contributed by atoms with Gasteiger partial charge in [0.15, 0.2) is 0 Å². The molecule has 1 aliphatic carbocycles. The number of hydrogen-bond acceptors (Lipinski definition) is 2. The predicted octanol–water partition coefficient (Wildman–Crippen LogP) is 4.19. The first kappa shape index (κ1) is 14.9. The number of anilines is 2. The fourth-order valence-electron chi connectivity index (χ4n) is 2.99. The number of amides is 1. The fourth-order valence-corrected chi connectivity index (χ4v) is 2.99. The van der Waals surface area contributed by atoms with E-state index in [1.54, 1.807) is 0 Å². The first-order valence-electron chi connectivity index (χ1n) is 7.60. The molecule has 2 rings (SSSR count). The molecule has 1 fully saturated rings. The SMILES string of the molecule is CC(=O)Nc1ccc(C)c(NC2CC(C)CCC2C)c1. The molecule has 3 heteroatoms. The third kappa shape index (κ3) is 3.75. The third-order valence-electron chi connectivity index (χ3n) is 4.36. The van der Waals surface area contributed by atoms with E-state index in [2.05, 4.69) is 37.5 Å². The molecule has 0 radical (unpaired) electrons. The number of carbonyl (C=O) groups is 1. The van der Waals surface area contributed by atoms with Gasteiger partial charge in [-0.3, -0.25) is 4.79 Å². The molecule has 3 unspecified atom stereocenters. The molecule has 1 saturated carbocycles. The lowest BCUT2D eigenvalue weighted by Crippen LogP contribution is -2.33. The molecule has 0 bridgehead atoms. The monoisotopic (exact) mass is 274 g/mol. The second kappa shape index (κ2) is 6.29. The standard InChI is InChI=1S/C17H26N2O/c1-11-5-6-12(2)16(9-11)19-17-10-15(18-14(4)20)8-7-13(17)3/h7-8,10-12,16,19H,5-6,9H2,1-4H3,(H,18,20). The lowest BCUT2D eigenvalue weighted by Gasteiger charge is -2.34. The normalized spacial score (nSPS) is 26.1. The molecule has 0 aromatic heterocycles. The van der Waals surface area contributed by atoms with E-state index in [1.807, 2.05) is 12.1 Å². The highest BCUT2D eigenvalue weighted by molar-refractivity contribution is 5.89. The maximum Gasteiger partial charge on any atom is 0.221 e. The summed E-state index contributed by atoms with van der Waals surface area (Å²) in [5.41, 5.74) is 3.23. The molecular weight excluding hydrogens is 248 g/mol. The Morgan fingerprint density at radius 1 is 1.25 bits per heavy atom.